The summed E-state index contributed by atoms with van der Waals surface area (Å²) in [4.78, 5) is -0.135. The molecule has 0 radical (unpaired) electrons. The van der Waals surface area contributed by atoms with Crippen LogP contribution >= 0.6 is 0 Å². The van der Waals surface area contributed by atoms with E-state index >= 15 is 0 Å². The maximum absolute atomic E-state index is 12.6. The van der Waals surface area contributed by atoms with Crippen LogP contribution < -0.4 is 14.8 Å². The fraction of sp³-hybridized carbons (Fsp3) is 0.250. The van der Waals surface area contributed by atoms with Crippen LogP contribution in [0.2, 0.25) is 0 Å². The lowest BCUT2D eigenvalue weighted by atomic mass is 9.85. The van der Waals surface area contributed by atoms with Crippen LogP contribution in [0.3, 0.4) is 0 Å². The van der Waals surface area contributed by atoms with Crippen LogP contribution in [0.25, 0.3) is 0 Å². The Labute approximate surface area is 142 Å². The lowest BCUT2D eigenvalue weighted by molar-refractivity contribution is -0.274. The number of alkyl halides is 3. The molecule has 2 aromatic carbocycles. The Morgan fingerprint density at radius 1 is 1.00 bits per heavy atom. The summed E-state index contributed by atoms with van der Waals surface area (Å²) in [6.07, 6.45) is -4.83. The molecule has 0 atom stereocenters. The molecular weight excluding hydrogens is 357 g/mol. The molecule has 1 saturated heterocycles. The van der Waals surface area contributed by atoms with Crippen molar-refractivity contribution >= 4 is 10.0 Å². The molecule has 9 heteroatoms. The van der Waals surface area contributed by atoms with Gasteiger partial charge in [-0.25, -0.2) is 8.42 Å². The number of ether oxygens (including phenoxy) is 1. The number of benzene rings is 2. The molecule has 25 heavy (non-hydrogen) atoms. The fourth-order valence-corrected chi connectivity index (χ4v) is 3.99. The third-order valence-corrected chi connectivity index (χ3v) is 5.43. The summed E-state index contributed by atoms with van der Waals surface area (Å²) in [5, 5.41) is 3.04. The van der Waals surface area contributed by atoms with Gasteiger partial charge in [0, 0.05) is 13.1 Å². The summed E-state index contributed by atoms with van der Waals surface area (Å²) in [5.74, 6) is -0.477. The summed E-state index contributed by atoms with van der Waals surface area (Å²) in [6.45, 7) is 0.844. The van der Waals surface area contributed by atoms with Gasteiger partial charge in [0.2, 0.25) is 10.0 Å². The van der Waals surface area contributed by atoms with Gasteiger partial charge >= 0.3 is 6.36 Å². The first-order chi connectivity index (χ1) is 11.7. The first-order valence-corrected chi connectivity index (χ1v) is 8.85. The third kappa shape index (κ3) is 3.94. The predicted molar refractivity (Wildman–Crippen MR) is 84.4 cm³/mol. The van der Waals surface area contributed by atoms with E-state index in [2.05, 4.69) is 14.8 Å². The molecule has 5 nitrogen and oxygen atoms in total. The Morgan fingerprint density at radius 3 is 2.08 bits per heavy atom. The van der Waals surface area contributed by atoms with Crippen molar-refractivity contribution in [1.29, 1.82) is 0 Å². The van der Waals surface area contributed by atoms with Crippen molar-refractivity contribution in [3.63, 3.8) is 0 Å². The average Bonchev–Trinajstić information content (AvgIpc) is 2.51. The average molecular weight is 372 g/mol. The predicted octanol–water partition coefficient (Wildman–Crippen LogP) is 2.36. The molecule has 1 heterocycles. The molecule has 0 spiro atoms. The second-order valence-electron chi connectivity index (χ2n) is 5.68. The highest BCUT2D eigenvalue weighted by atomic mass is 32.2. The quantitative estimate of drug-likeness (QED) is 0.846. The highest BCUT2D eigenvalue weighted by Crippen LogP contribution is 2.29. The summed E-state index contributed by atoms with van der Waals surface area (Å²) in [7, 11) is -3.91. The number of nitrogens with one attached hydrogen (secondary N) is 2. The lowest BCUT2D eigenvalue weighted by Crippen LogP contribution is -2.66. The van der Waals surface area contributed by atoms with E-state index in [1.54, 1.807) is 0 Å². The largest absolute Gasteiger partial charge is 0.573 e. The molecule has 0 bridgehead atoms. The van der Waals surface area contributed by atoms with Gasteiger partial charge in [0.1, 0.15) is 5.75 Å². The molecule has 2 aromatic rings. The summed E-state index contributed by atoms with van der Waals surface area (Å²) in [5.41, 5.74) is 0.0377. The third-order valence-electron chi connectivity index (χ3n) is 3.88. The van der Waals surface area contributed by atoms with Crippen LogP contribution in [-0.4, -0.2) is 27.9 Å². The normalized spacial score (nSPS) is 16.9. The van der Waals surface area contributed by atoms with Gasteiger partial charge in [-0.05, 0) is 29.8 Å². The van der Waals surface area contributed by atoms with E-state index in [0.29, 0.717) is 13.1 Å². The summed E-state index contributed by atoms with van der Waals surface area (Å²) in [6, 6.07) is 13.2. The van der Waals surface area contributed by atoms with E-state index in [9.17, 15) is 21.6 Å². The zero-order valence-corrected chi connectivity index (χ0v) is 13.7. The Kier molecular flexibility index (Phi) is 4.48. The van der Waals surface area contributed by atoms with E-state index in [4.69, 9.17) is 0 Å². The molecule has 0 aromatic heterocycles. The number of hydrogen-bond acceptors (Lipinski definition) is 4. The van der Waals surface area contributed by atoms with Crippen molar-refractivity contribution in [2.75, 3.05) is 13.1 Å². The minimum atomic E-state index is -4.83. The number of hydrogen-bond donors (Lipinski definition) is 2. The molecule has 3 rings (SSSR count). The van der Waals surface area contributed by atoms with Crippen molar-refractivity contribution in [3.8, 4) is 5.75 Å². The molecular formula is C16H15F3N2O3S. The second-order valence-corrected chi connectivity index (χ2v) is 7.36. The van der Waals surface area contributed by atoms with Gasteiger partial charge < -0.3 is 10.1 Å². The Bertz CT molecular complexity index is 833. The second kappa shape index (κ2) is 6.32. The molecule has 0 unspecified atom stereocenters. The minimum absolute atomic E-state index is 0.135. The van der Waals surface area contributed by atoms with Crippen molar-refractivity contribution in [2.45, 2.75) is 16.8 Å². The highest BCUT2D eigenvalue weighted by Gasteiger charge is 2.42. The molecule has 0 saturated carbocycles. The van der Waals surface area contributed by atoms with Gasteiger partial charge in [-0.1, -0.05) is 30.3 Å². The number of halogens is 3. The van der Waals surface area contributed by atoms with E-state index in [1.165, 1.54) is 0 Å². The van der Waals surface area contributed by atoms with E-state index in [-0.39, 0.29) is 4.90 Å². The Balaban J connectivity index is 1.82. The monoisotopic (exact) mass is 372 g/mol. The smallest absolute Gasteiger partial charge is 0.406 e. The minimum Gasteiger partial charge on any atom is -0.406 e. The van der Waals surface area contributed by atoms with Crippen LogP contribution in [-0.2, 0) is 15.6 Å². The topological polar surface area (TPSA) is 67.4 Å². The zero-order chi connectivity index (χ0) is 18.1. The fourth-order valence-electron chi connectivity index (χ4n) is 2.60. The maximum atomic E-state index is 12.6. The molecule has 2 N–H and O–H groups in total. The number of sulfonamides is 1. The highest BCUT2D eigenvalue weighted by molar-refractivity contribution is 7.89. The van der Waals surface area contributed by atoms with Crippen molar-refractivity contribution < 1.29 is 26.3 Å². The SMILES string of the molecule is O=S(=O)(NC1(c2ccccc2)CNC1)c1ccc(OC(F)(F)F)cc1. The van der Waals surface area contributed by atoms with Crippen LogP contribution in [0.4, 0.5) is 13.2 Å². The van der Waals surface area contributed by atoms with E-state index in [1.807, 2.05) is 30.3 Å². The maximum Gasteiger partial charge on any atom is 0.573 e. The van der Waals surface area contributed by atoms with Gasteiger partial charge in [-0.15, -0.1) is 13.2 Å². The van der Waals surface area contributed by atoms with E-state index in [0.717, 1.165) is 29.8 Å². The van der Waals surface area contributed by atoms with Crippen LogP contribution in [0.5, 0.6) is 5.75 Å². The lowest BCUT2D eigenvalue weighted by Gasteiger charge is -2.43. The van der Waals surface area contributed by atoms with Crippen LogP contribution in [0, 0.1) is 0 Å². The van der Waals surface area contributed by atoms with Crippen molar-refractivity contribution in [1.82, 2.24) is 10.0 Å². The first-order valence-electron chi connectivity index (χ1n) is 7.36. The molecule has 0 aliphatic carbocycles. The van der Waals surface area contributed by atoms with Crippen LogP contribution in [0.15, 0.2) is 59.5 Å². The molecule has 134 valence electrons. The van der Waals surface area contributed by atoms with E-state index < -0.39 is 27.7 Å². The first kappa shape index (κ1) is 17.7. The molecule has 1 aliphatic heterocycles. The Morgan fingerprint density at radius 2 is 1.60 bits per heavy atom. The van der Waals surface area contributed by atoms with Crippen molar-refractivity contribution in [2.24, 2.45) is 0 Å². The molecule has 1 aliphatic rings. The molecule has 1 fully saturated rings. The molecule has 0 amide bonds. The Hall–Kier alpha value is -2.10. The number of rotatable bonds is 5. The van der Waals surface area contributed by atoms with Gasteiger partial charge in [-0.3, -0.25) is 0 Å². The van der Waals surface area contributed by atoms with Crippen LogP contribution in [0.1, 0.15) is 5.56 Å². The standard InChI is InChI=1S/C16H15F3N2O3S/c17-16(18,19)24-13-6-8-14(9-7-13)25(22,23)21-15(10-20-11-15)12-4-2-1-3-5-12/h1-9,20-21H,10-11H2. The van der Waals surface area contributed by atoms with Gasteiger partial charge in [0.25, 0.3) is 0 Å². The van der Waals surface area contributed by atoms with Crippen molar-refractivity contribution in [3.05, 3.63) is 60.2 Å². The summed E-state index contributed by atoms with van der Waals surface area (Å²) < 4.78 is 68.2. The van der Waals surface area contributed by atoms with Gasteiger partial charge in [-0.2, -0.15) is 4.72 Å². The zero-order valence-electron chi connectivity index (χ0n) is 12.9. The summed E-state index contributed by atoms with van der Waals surface area (Å²) >= 11 is 0. The van der Waals surface area contributed by atoms with Gasteiger partial charge in [0.05, 0.1) is 10.4 Å². The van der Waals surface area contributed by atoms with Gasteiger partial charge in [0.15, 0.2) is 0 Å².